The number of ether oxygens (including phenoxy) is 1. The van der Waals surface area contributed by atoms with Crippen LogP contribution in [0.1, 0.15) is 29.3 Å². The quantitative estimate of drug-likeness (QED) is 0.353. The molecule has 4 rings (SSSR count). The van der Waals surface area contributed by atoms with Crippen LogP contribution >= 0.6 is 0 Å². The average molecular weight is 498 g/mol. The molecule has 2 saturated carbocycles. The lowest BCUT2D eigenvalue weighted by Crippen LogP contribution is -2.77. The molecule has 0 bridgehead atoms. The summed E-state index contributed by atoms with van der Waals surface area (Å²) < 4.78 is 5.66. The molecule has 1 amide bonds. The number of hydrogen-bond donors (Lipinski definition) is 3. The Labute approximate surface area is 205 Å². The maximum absolute atomic E-state index is 13.9. The van der Waals surface area contributed by atoms with Gasteiger partial charge >= 0.3 is 5.97 Å². The first-order chi connectivity index (χ1) is 16.8. The molecule has 190 valence electrons. The summed E-state index contributed by atoms with van der Waals surface area (Å²) in [5, 5.41) is 22.2. The molecule has 11 heteroatoms. The van der Waals surface area contributed by atoms with Crippen LogP contribution in [0.25, 0.3) is 5.57 Å². The third kappa shape index (κ3) is 3.19. The van der Waals surface area contributed by atoms with Crippen LogP contribution in [-0.4, -0.2) is 82.0 Å². The van der Waals surface area contributed by atoms with Crippen molar-refractivity contribution in [1.29, 1.82) is 0 Å². The third-order valence-corrected chi connectivity index (χ3v) is 7.48. The minimum atomic E-state index is -3.06. The molecule has 0 saturated heterocycles. The normalized spacial score (nSPS) is 33.6. The van der Waals surface area contributed by atoms with Crippen LogP contribution in [0.5, 0.6) is 5.75 Å². The Hall–Kier alpha value is -3.70. The molecule has 2 fully saturated rings. The molecule has 0 spiro atoms. The SMILES string of the molecule is C=C1c2cccc(O)c2C(=O)C2C(=O)[C@]3(O)C(=O)C(C(N)=O)C(=O)[C@@H](N(C)C)[C@@H]3[C@@H](OC(=O)CC)[C@H]12. The van der Waals surface area contributed by atoms with Gasteiger partial charge in [0.05, 0.1) is 23.4 Å². The Balaban J connectivity index is 2.04. The number of rotatable bonds is 4. The Bertz CT molecular complexity index is 1250. The number of phenols is 1. The molecule has 0 radical (unpaired) electrons. The Morgan fingerprint density at radius 2 is 1.81 bits per heavy atom. The second-order valence-corrected chi connectivity index (χ2v) is 9.57. The third-order valence-electron chi connectivity index (χ3n) is 7.48. The van der Waals surface area contributed by atoms with Gasteiger partial charge in [-0.2, -0.15) is 0 Å². The number of fused-ring (bicyclic) bond motifs is 3. The minimum absolute atomic E-state index is 0.122. The minimum Gasteiger partial charge on any atom is -0.507 e. The number of hydrogen-bond acceptors (Lipinski definition) is 10. The zero-order valence-corrected chi connectivity index (χ0v) is 19.9. The van der Waals surface area contributed by atoms with Crippen LogP contribution in [0.4, 0.5) is 0 Å². The van der Waals surface area contributed by atoms with Gasteiger partial charge in [-0.1, -0.05) is 25.6 Å². The zero-order chi connectivity index (χ0) is 26.9. The summed E-state index contributed by atoms with van der Waals surface area (Å²) in [5.41, 5.74) is 2.40. The highest BCUT2D eigenvalue weighted by molar-refractivity contribution is 6.33. The number of benzene rings is 1. The number of nitrogens with zero attached hydrogens (tertiary/aromatic N) is 1. The van der Waals surface area contributed by atoms with E-state index in [1.54, 1.807) is 0 Å². The van der Waals surface area contributed by atoms with Crippen molar-refractivity contribution in [3.63, 3.8) is 0 Å². The fourth-order valence-corrected chi connectivity index (χ4v) is 5.92. The molecule has 11 nitrogen and oxygen atoms in total. The van der Waals surface area contributed by atoms with Crippen molar-refractivity contribution in [2.75, 3.05) is 14.1 Å². The number of nitrogens with two attached hydrogens (primary N) is 1. The van der Waals surface area contributed by atoms with Crippen molar-refractivity contribution in [3.05, 3.63) is 35.9 Å². The number of Topliss-reactive ketones (excluding diaryl/α,β-unsaturated/α-hetero) is 4. The van der Waals surface area contributed by atoms with Crippen molar-refractivity contribution in [3.8, 4) is 5.75 Å². The molecule has 4 N–H and O–H groups in total. The Morgan fingerprint density at radius 3 is 2.36 bits per heavy atom. The zero-order valence-electron chi connectivity index (χ0n) is 19.9. The van der Waals surface area contributed by atoms with Gasteiger partial charge in [0.25, 0.3) is 0 Å². The van der Waals surface area contributed by atoms with E-state index < -0.39 is 82.2 Å². The molecule has 36 heavy (non-hydrogen) atoms. The first-order valence-corrected chi connectivity index (χ1v) is 11.4. The van der Waals surface area contributed by atoms with Gasteiger partial charge in [-0.15, -0.1) is 0 Å². The summed E-state index contributed by atoms with van der Waals surface area (Å²) in [6.45, 7) is 5.50. The van der Waals surface area contributed by atoms with Gasteiger partial charge in [0.1, 0.15) is 11.9 Å². The van der Waals surface area contributed by atoms with Crippen molar-refractivity contribution >= 4 is 40.6 Å². The van der Waals surface area contributed by atoms with E-state index in [9.17, 15) is 39.0 Å². The molecule has 0 heterocycles. The highest BCUT2D eigenvalue weighted by atomic mass is 16.5. The molecule has 7 atom stereocenters. The lowest BCUT2D eigenvalue weighted by Gasteiger charge is -2.55. The average Bonchev–Trinajstić information content (AvgIpc) is 2.80. The van der Waals surface area contributed by atoms with Crippen LogP contribution < -0.4 is 5.73 Å². The Morgan fingerprint density at radius 1 is 1.17 bits per heavy atom. The lowest BCUT2D eigenvalue weighted by molar-refractivity contribution is -0.201. The first-order valence-electron chi connectivity index (χ1n) is 11.4. The topological polar surface area (TPSA) is 181 Å². The first kappa shape index (κ1) is 25.4. The second-order valence-electron chi connectivity index (χ2n) is 9.57. The standard InChI is InChI=1S/C25H26N2O9/c1-5-12(29)36-21-13-9(2)10-7-6-8-11(28)14(10)19(30)15(13)22(32)25(35)17(21)18(27(3)4)20(31)16(23(25)33)24(26)34/h6-8,13,15-18,21,28,35H,2,5H2,1,3-4H3,(H2,26,34)/t13-,15?,16?,17-,18+,21+,25+/m1/s1. The highest BCUT2D eigenvalue weighted by Gasteiger charge is 2.73. The number of primary amides is 1. The van der Waals surface area contributed by atoms with Gasteiger partial charge in [0.15, 0.2) is 34.7 Å². The van der Waals surface area contributed by atoms with Crippen LogP contribution in [0.3, 0.4) is 0 Å². The Kier molecular flexibility index (Phi) is 5.96. The summed E-state index contributed by atoms with van der Waals surface area (Å²) in [4.78, 5) is 80.2. The van der Waals surface area contributed by atoms with Gasteiger partial charge in [-0.05, 0) is 31.3 Å². The van der Waals surface area contributed by atoms with Crippen molar-refractivity contribution < 1.29 is 43.7 Å². The smallest absolute Gasteiger partial charge is 0.305 e. The van der Waals surface area contributed by atoms with Gasteiger partial charge in [-0.25, -0.2) is 0 Å². The molecule has 3 aliphatic rings. The van der Waals surface area contributed by atoms with Crippen LogP contribution in [0, 0.1) is 23.7 Å². The molecule has 0 aromatic heterocycles. The molecule has 3 aliphatic carbocycles. The molecule has 1 aromatic rings. The van der Waals surface area contributed by atoms with E-state index in [1.165, 1.54) is 44.1 Å². The predicted molar refractivity (Wildman–Crippen MR) is 122 cm³/mol. The summed E-state index contributed by atoms with van der Waals surface area (Å²) in [6.07, 6.45) is -1.64. The number of likely N-dealkylation sites (N-methyl/N-ethyl adjacent to an activating group) is 1. The van der Waals surface area contributed by atoms with Crippen molar-refractivity contribution in [2.45, 2.75) is 31.1 Å². The van der Waals surface area contributed by atoms with Gasteiger partial charge < -0.3 is 20.7 Å². The lowest BCUT2D eigenvalue weighted by atomic mass is 9.50. The molecule has 1 aromatic carbocycles. The van der Waals surface area contributed by atoms with Gasteiger partial charge in [-0.3, -0.25) is 33.7 Å². The summed E-state index contributed by atoms with van der Waals surface area (Å²) in [7, 11) is 2.86. The number of esters is 1. The van der Waals surface area contributed by atoms with Gasteiger partial charge in [0.2, 0.25) is 5.91 Å². The molecule has 0 aliphatic heterocycles. The number of aliphatic hydroxyl groups is 1. The highest BCUT2D eigenvalue weighted by Crippen LogP contribution is 2.54. The second kappa shape index (κ2) is 8.45. The predicted octanol–water partition coefficient (Wildman–Crippen LogP) is -0.731. The van der Waals surface area contributed by atoms with Crippen molar-refractivity contribution in [1.82, 2.24) is 4.90 Å². The number of amides is 1. The maximum Gasteiger partial charge on any atom is 0.305 e. The summed E-state index contributed by atoms with van der Waals surface area (Å²) in [5.74, 6) is -14.0. The fourth-order valence-electron chi connectivity index (χ4n) is 5.92. The van der Waals surface area contributed by atoms with Crippen molar-refractivity contribution in [2.24, 2.45) is 29.4 Å². The van der Waals surface area contributed by atoms with E-state index in [4.69, 9.17) is 10.5 Å². The molecular weight excluding hydrogens is 472 g/mol. The fraction of sp³-hybridized carbons (Fsp3) is 0.440. The molecule has 2 unspecified atom stereocenters. The monoisotopic (exact) mass is 498 g/mol. The van der Waals surface area contributed by atoms with E-state index in [-0.39, 0.29) is 23.1 Å². The number of carbonyl (C=O) groups is 6. The number of ketones is 4. The van der Waals surface area contributed by atoms with E-state index in [2.05, 4.69) is 6.58 Å². The number of phenolic OH excluding ortho intramolecular Hbond substituents is 1. The number of carbonyl (C=O) groups excluding carboxylic acids is 6. The molecular formula is C25H26N2O9. The van der Waals surface area contributed by atoms with Crippen LogP contribution in [0.15, 0.2) is 24.8 Å². The van der Waals surface area contributed by atoms with E-state index in [0.717, 1.165) is 0 Å². The summed E-state index contributed by atoms with van der Waals surface area (Å²) in [6, 6.07) is 2.76. The summed E-state index contributed by atoms with van der Waals surface area (Å²) >= 11 is 0. The van der Waals surface area contributed by atoms with E-state index >= 15 is 0 Å². The van der Waals surface area contributed by atoms with E-state index in [1.807, 2.05) is 0 Å². The number of aromatic hydroxyl groups is 1. The van der Waals surface area contributed by atoms with E-state index in [0.29, 0.717) is 0 Å². The maximum atomic E-state index is 13.9. The van der Waals surface area contributed by atoms with Crippen LogP contribution in [0.2, 0.25) is 0 Å². The largest absolute Gasteiger partial charge is 0.507 e. The van der Waals surface area contributed by atoms with Crippen LogP contribution in [-0.2, 0) is 28.7 Å². The van der Waals surface area contributed by atoms with Gasteiger partial charge in [0, 0.05) is 12.3 Å².